The molecule has 0 saturated carbocycles. The summed E-state index contributed by atoms with van der Waals surface area (Å²) in [6.07, 6.45) is 2.42. The Morgan fingerprint density at radius 2 is 2.55 bits per heavy atom. The van der Waals surface area contributed by atoms with Gasteiger partial charge in [-0.2, -0.15) is 0 Å². The molecular weight excluding hydrogens is 142 g/mol. The van der Waals surface area contributed by atoms with Crippen molar-refractivity contribution in [1.29, 1.82) is 0 Å². The molecule has 0 aliphatic carbocycles. The monoisotopic (exact) mass is 153 g/mol. The van der Waals surface area contributed by atoms with Gasteiger partial charge in [-0.15, -0.1) is 0 Å². The van der Waals surface area contributed by atoms with Gasteiger partial charge in [-0.25, -0.2) is 0 Å². The summed E-state index contributed by atoms with van der Waals surface area (Å²) in [4.78, 5) is 11.1. The topological polar surface area (TPSA) is 42.2 Å². The Labute approximate surface area is 65.4 Å². The van der Waals surface area contributed by atoms with Crippen LogP contribution in [0.25, 0.3) is 0 Å². The smallest absolute Gasteiger partial charge is 0.286 e. The lowest BCUT2D eigenvalue weighted by Gasteiger charge is -1.98. The molecule has 0 atom stereocenters. The Morgan fingerprint density at radius 1 is 1.73 bits per heavy atom. The molecule has 0 unspecified atom stereocenters. The first-order valence-corrected chi connectivity index (χ1v) is 3.66. The minimum atomic E-state index is -0.142. The number of carbonyl (C=O) groups excluding carboxylic acids is 1. The predicted molar refractivity (Wildman–Crippen MR) is 41.3 cm³/mol. The molecule has 0 saturated heterocycles. The highest BCUT2D eigenvalue weighted by Gasteiger charge is 2.05. The van der Waals surface area contributed by atoms with Gasteiger partial charge in [0.2, 0.25) is 0 Å². The molecule has 1 aromatic rings. The predicted octanol–water partition coefficient (Wildman–Crippen LogP) is 1.42. The van der Waals surface area contributed by atoms with Crippen molar-refractivity contribution in [1.82, 2.24) is 5.32 Å². The summed E-state index contributed by atoms with van der Waals surface area (Å²) in [5, 5.41) is 2.70. The van der Waals surface area contributed by atoms with Gasteiger partial charge in [0, 0.05) is 6.54 Å². The van der Waals surface area contributed by atoms with E-state index in [-0.39, 0.29) is 5.91 Å². The van der Waals surface area contributed by atoms with E-state index < -0.39 is 0 Å². The van der Waals surface area contributed by atoms with Crippen LogP contribution in [-0.2, 0) is 0 Å². The van der Waals surface area contributed by atoms with Crippen LogP contribution >= 0.6 is 0 Å². The zero-order valence-electron chi connectivity index (χ0n) is 6.46. The lowest BCUT2D eigenvalue weighted by Crippen LogP contribution is -2.23. The maximum atomic E-state index is 11.1. The van der Waals surface area contributed by atoms with E-state index in [4.69, 9.17) is 4.42 Å². The van der Waals surface area contributed by atoms with Gasteiger partial charge in [0.05, 0.1) is 6.26 Å². The van der Waals surface area contributed by atoms with E-state index >= 15 is 0 Å². The third-order valence-corrected chi connectivity index (χ3v) is 1.28. The average Bonchev–Trinajstić information content (AvgIpc) is 2.52. The normalized spacial score (nSPS) is 9.55. The Balaban J connectivity index is 2.43. The Hall–Kier alpha value is -1.25. The highest BCUT2D eigenvalue weighted by atomic mass is 16.3. The van der Waals surface area contributed by atoms with Crippen LogP contribution in [-0.4, -0.2) is 12.5 Å². The maximum Gasteiger partial charge on any atom is 0.286 e. The van der Waals surface area contributed by atoms with Gasteiger partial charge < -0.3 is 9.73 Å². The quantitative estimate of drug-likeness (QED) is 0.713. The largest absolute Gasteiger partial charge is 0.459 e. The fourth-order valence-electron chi connectivity index (χ4n) is 0.733. The Morgan fingerprint density at radius 3 is 3.09 bits per heavy atom. The molecule has 0 aliphatic heterocycles. The molecular formula is C8H11NO2. The van der Waals surface area contributed by atoms with Crippen LogP contribution in [0.5, 0.6) is 0 Å². The van der Waals surface area contributed by atoms with Crippen molar-refractivity contribution >= 4 is 5.91 Å². The summed E-state index contributed by atoms with van der Waals surface area (Å²) in [5.74, 6) is 0.232. The van der Waals surface area contributed by atoms with Gasteiger partial charge >= 0.3 is 0 Å². The van der Waals surface area contributed by atoms with Crippen molar-refractivity contribution in [3.63, 3.8) is 0 Å². The zero-order chi connectivity index (χ0) is 8.10. The summed E-state index contributed by atoms with van der Waals surface area (Å²) < 4.78 is 4.88. The molecule has 0 aliphatic rings. The van der Waals surface area contributed by atoms with E-state index in [0.29, 0.717) is 12.3 Å². The highest BCUT2D eigenvalue weighted by molar-refractivity contribution is 5.91. The van der Waals surface area contributed by atoms with Crippen molar-refractivity contribution in [2.45, 2.75) is 13.3 Å². The molecule has 3 heteroatoms. The van der Waals surface area contributed by atoms with E-state index in [1.165, 1.54) is 6.26 Å². The minimum absolute atomic E-state index is 0.142. The molecule has 1 aromatic heterocycles. The minimum Gasteiger partial charge on any atom is -0.459 e. The van der Waals surface area contributed by atoms with Crippen LogP contribution in [0.2, 0.25) is 0 Å². The van der Waals surface area contributed by atoms with Crippen LogP contribution in [0, 0.1) is 0 Å². The molecule has 0 bridgehead atoms. The maximum absolute atomic E-state index is 11.1. The fraction of sp³-hybridized carbons (Fsp3) is 0.375. The molecule has 3 nitrogen and oxygen atoms in total. The lowest BCUT2D eigenvalue weighted by atomic mass is 10.4. The van der Waals surface area contributed by atoms with Crippen molar-refractivity contribution < 1.29 is 9.21 Å². The fourth-order valence-corrected chi connectivity index (χ4v) is 0.733. The summed E-state index contributed by atoms with van der Waals surface area (Å²) in [7, 11) is 0. The summed E-state index contributed by atoms with van der Waals surface area (Å²) in [6, 6.07) is 3.34. The summed E-state index contributed by atoms with van der Waals surface area (Å²) in [6.45, 7) is 2.70. The van der Waals surface area contributed by atoms with E-state index in [9.17, 15) is 4.79 Å². The van der Waals surface area contributed by atoms with E-state index in [1.54, 1.807) is 12.1 Å². The molecule has 0 spiro atoms. The van der Waals surface area contributed by atoms with E-state index in [2.05, 4.69) is 5.32 Å². The summed E-state index contributed by atoms with van der Waals surface area (Å²) >= 11 is 0. The number of amides is 1. The first-order valence-electron chi connectivity index (χ1n) is 3.66. The number of nitrogens with one attached hydrogen (secondary N) is 1. The van der Waals surface area contributed by atoms with Crippen molar-refractivity contribution in [2.75, 3.05) is 6.54 Å². The number of furan rings is 1. The molecule has 1 N–H and O–H groups in total. The van der Waals surface area contributed by atoms with Gasteiger partial charge in [-0.05, 0) is 18.6 Å². The highest BCUT2D eigenvalue weighted by Crippen LogP contribution is 1.98. The standard InChI is InChI=1S/C8H11NO2/c1-2-5-9-8(10)7-4-3-6-11-7/h3-4,6H,2,5H2,1H3,(H,9,10). The van der Waals surface area contributed by atoms with Crippen molar-refractivity contribution in [3.05, 3.63) is 24.2 Å². The third-order valence-electron chi connectivity index (χ3n) is 1.28. The molecule has 11 heavy (non-hydrogen) atoms. The number of carbonyl (C=O) groups is 1. The average molecular weight is 153 g/mol. The third kappa shape index (κ3) is 2.11. The first-order chi connectivity index (χ1) is 5.34. The second-order valence-electron chi connectivity index (χ2n) is 2.23. The Kier molecular flexibility index (Phi) is 2.72. The molecule has 0 aromatic carbocycles. The SMILES string of the molecule is CCCNC(=O)c1ccco1. The number of hydrogen-bond acceptors (Lipinski definition) is 2. The van der Waals surface area contributed by atoms with Crippen LogP contribution in [0.1, 0.15) is 23.9 Å². The van der Waals surface area contributed by atoms with Crippen molar-refractivity contribution in [3.8, 4) is 0 Å². The van der Waals surface area contributed by atoms with Crippen LogP contribution in [0.3, 0.4) is 0 Å². The molecule has 0 radical (unpaired) electrons. The lowest BCUT2D eigenvalue weighted by molar-refractivity contribution is 0.0926. The van der Waals surface area contributed by atoms with Gasteiger partial charge in [0.15, 0.2) is 5.76 Å². The second kappa shape index (κ2) is 3.81. The van der Waals surface area contributed by atoms with Crippen LogP contribution < -0.4 is 5.32 Å². The molecule has 1 heterocycles. The van der Waals surface area contributed by atoms with E-state index in [0.717, 1.165) is 6.42 Å². The molecule has 1 amide bonds. The van der Waals surface area contributed by atoms with Crippen LogP contribution in [0.4, 0.5) is 0 Å². The van der Waals surface area contributed by atoms with Gasteiger partial charge in [0.1, 0.15) is 0 Å². The summed E-state index contributed by atoms with van der Waals surface area (Å²) in [5.41, 5.74) is 0. The molecule has 0 fully saturated rings. The zero-order valence-corrected chi connectivity index (χ0v) is 6.46. The van der Waals surface area contributed by atoms with Crippen LogP contribution in [0.15, 0.2) is 22.8 Å². The number of hydrogen-bond donors (Lipinski definition) is 1. The Bertz CT molecular complexity index is 216. The molecule has 1 rings (SSSR count). The van der Waals surface area contributed by atoms with E-state index in [1.807, 2.05) is 6.92 Å². The number of rotatable bonds is 3. The van der Waals surface area contributed by atoms with Gasteiger partial charge in [-0.3, -0.25) is 4.79 Å². The second-order valence-corrected chi connectivity index (χ2v) is 2.23. The van der Waals surface area contributed by atoms with Gasteiger partial charge in [-0.1, -0.05) is 6.92 Å². The molecule has 60 valence electrons. The first kappa shape index (κ1) is 7.85. The van der Waals surface area contributed by atoms with Crippen molar-refractivity contribution in [2.24, 2.45) is 0 Å². The van der Waals surface area contributed by atoms with Gasteiger partial charge in [0.25, 0.3) is 5.91 Å².